The lowest BCUT2D eigenvalue weighted by Gasteiger charge is -2.16. The molecule has 0 heterocycles. The van der Waals surface area contributed by atoms with Crippen LogP contribution in [0.5, 0.6) is 0 Å². The first-order chi connectivity index (χ1) is 7.23. The molecule has 0 aliphatic carbocycles. The fraction of sp³-hybridized carbons (Fsp3) is 0.222. The molecular formula is C9H5F4IO2. The number of carboxylic acids is 1. The number of carbonyl (C=O) groups is 1. The lowest BCUT2D eigenvalue weighted by atomic mass is 9.99. The van der Waals surface area contributed by atoms with Crippen LogP contribution in [-0.4, -0.2) is 17.3 Å². The third-order valence-corrected chi connectivity index (χ3v) is 2.73. The van der Waals surface area contributed by atoms with Gasteiger partial charge in [0.2, 0.25) is 0 Å². The lowest BCUT2D eigenvalue weighted by molar-refractivity contribution is -0.176. The Balaban J connectivity index is 3.22. The van der Waals surface area contributed by atoms with Gasteiger partial charge >= 0.3 is 12.1 Å². The largest absolute Gasteiger partial charge is 0.481 e. The fourth-order valence-electron chi connectivity index (χ4n) is 1.16. The topological polar surface area (TPSA) is 37.3 Å². The highest BCUT2D eigenvalue weighted by atomic mass is 127. The smallest absolute Gasteiger partial charge is 0.406 e. The van der Waals surface area contributed by atoms with Crippen LogP contribution in [0.3, 0.4) is 0 Å². The quantitative estimate of drug-likeness (QED) is 0.659. The molecule has 0 radical (unpaired) electrons. The van der Waals surface area contributed by atoms with Gasteiger partial charge in [-0.2, -0.15) is 13.2 Å². The summed E-state index contributed by atoms with van der Waals surface area (Å²) in [5, 5.41) is 8.48. The summed E-state index contributed by atoms with van der Waals surface area (Å²) < 4.78 is 50.3. The van der Waals surface area contributed by atoms with Gasteiger partial charge in [-0.1, -0.05) is 6.07 Å². The van der Waals surface area contributed by atoms with Crippen LogP contribution >= 0.6 is 22.6 Å². The first kappa shape index (κ1) is 13.2. The Labute approximate surface area is 101 Å². The Bertz CT molecular complexity index is 416. The molecule has 0 bridgehead atoms. The first-order valence-corrected chi connectivity index (χ1v) is 5.06. The van der Waals surface area contributed by atoms with E-state index in [1.165, 1.54) is 0 Å². The molecule has 0 saturated carbocycles. The van der Waals surface area contributed by atoms with Gasteiger partial charge < -0.3 is 5.11 Å². The molecule has 0 fully saturated rings. The van der Waals surface area contributed by atoms with Crippen molar-refractivity contribution in [3.05, 3.63) is 33.1 Å². The van der Waals surface area contributed by atoms with E-state index in [0.29, 0.717) is 6.07 Å². The van der Waals surface area contributed by atoms with Crippen LogP contribution in [0, 0.1) is 9.39 Å². The van der Waals surface area contributed by atoms with E-state index in [-0.39, 0.29) is 3.57 Å². The van der Waals surface area contributed by atoms with Crippen molar-refractivity contribution < 1.29 is 27.5 Å². The maximum atomic E-state index is 13.0. The van der Waals surface area contributed by atoms with Gasteiger partial charge in [0, 0.05) is 3.57 Å². The van der Waals surface area contributed by atoms with Gasteiger partial charge in [-0.05, 0) is 40.3 Å². The Kier molecular flexibility index (Phi) is 3.76. The molecule has 0 spiro atoms. The van der Waals surface area contributed by atoms with E-state index in [9.17, 15) is 22.4 Å². The van der Waals surface area contributed by atoms with Crippen molar-refractivity contribution >= 4 is 28.6 Å². The molecule has 1 atom stereocenters. The zero-order valence-corrected chi connectivity index (χ0v) is 9.71. The van der Waals surface area contributed by atoms with E-state index in [4.69, 9.17) is 5.11 Å². The average Bonchev–Trinajstić information content (AvgIpc) is 2.08. The molecule has 2 nitrogen and oxygen atoms in total. The van der Waals surface area contributed by atoms with Gasteiger partial charge in [-0.3, -0.25) is 4.79 Å². The van der Waals surface area contributed by atoms with Crippen molar-refractivity contribution in [2.75, 3.05) is 0 Å². The molecule has 16 heavy (non-hydrogen) atoms. The molecule has 1 unspecified atom stereocenters. The number of alkyl halides is 3. The van der Waals surface area contributed by atoms with E-state index < -0.39 is 29.4 Å². The number of benzene rings is 1. The summed E-state index contributed by atoms with van der Waals surface area (Å²) in [4.78, 5) is 10.5. The summed E-state index contributed by atoms with van der Waals surface area (Å²) in [5.74, 6) is -5.61. The van der Waals surface area contributed by atoms with E-state index in [1.807, 2.05) is 0 Å². The standard InChI is InChI=1S/C9H5F4IO2/c10-5-3-4(1-2-6(5)14)7(8(15)16)9(11,12)13/h1-3,7H,(H,15,16). The summed E-state index contributed by atoms with van der Waals surface area (Å²) in [6.07, 6.45) is -4.94. The number of hydrogen-bond donors (Lipinski definition) is 1. The second kappa shape index (κ2) is 4.56. The zero-order valence-electron chi connectivity index (χ0n) is 7.55. The van der Waals surface area contributed by atoms with Gasteiger partial charge in [0.15, 0.2) is 5.92 Å². The number of carboxylic acid groups (broad SMARTS) is 1. The molecule has 0 aromatic heterocycles. The highest BCUT2D eigenvalue weighted by molar-refractivity contribution is 14.1. The minimum Gasteiger partial charge on any atom is -0.481 e. The van der Waals surface area contributed by atoms with Crippen molar-refractivity contribution in [2.24, 2.45) is 0 Å². The van der Waals surface area contributed by atoms with Crippen molar-refractivity contribution in [2.45, 2.75) is 12.1 Å². The Morgan fingerprint density at radius 2 is 1.94 bits per heavy atom. The second-order valence-corrected chi connectivity index (χ2v) is 4.15. The molecule has 0 amide bonds. The third-order valence-electron chi connectivity index (χ3n) is 1.85. The summed E-state index contributed by atoms with van der Waals surface area (Å²) >= 11 is 1.60. The zero-order chi connectivity index (χ0) is 12.5. The predicted molar refractivity (Wildman–Crippen MR) is 55.5 cm³/mol. The minimum absolute atomic E-state index is 0.132. The molecular weight excluding hydrogens is 343 g/mol. The molecule has 1 rings (SSSR count). The number of rotatable bonds is 2. The van der Waals surface area contributed by atoms with Crippen LogP contribution in [0.4, 0.5) is 17.6 Å². The SMILES string of the molecule is O=C(O)C(c1ccc(I)c(F)c1)C(F)(F)F. The van der Waals surface area contributed by atoms with Gasteiger partial charge in [-0.15, -0.1) is 0 Å². The van der Waals surface area contributed by atoms with E-state index in [1.54, 1.807) is 22.6 Å². The van der Waals surface area contributed by atoms with Crippen molar-refractivity contribution in [1.82, 2.24) is 0 Å². The molecule has 1 aromatic rings. The van der Waals surface area contributed by atoms with E-state index in [0.717, 1.165) is 12.1 Å². The average molecular weight is 348 g/mol. The molecule has 88 valence electrons. The Hall–Kier alpha value is -0.860. The predicted octanol–water partition coefficient (Wildman–Crippen LogP) is 3.16. The highest BCUT2D eigenvalue weighted by Gasteiger charge is 2.46. The molecule has 0 aliphatic rings. The maximum absolute atomic E-state index is 13.0. The van der Waals surface area contributed by atoms with E-state index in [2.05, 4.69) is 0 Å². The maximum Gasteiger partial charge on any atom is 0.406 e. The second-order valence-electron chi connectivity index (χ2n) is 2.99. The Morgan fingerprint density at radius 1 is 1.38 bits per heavy atom. The van der Waals surface area contributed by atoms with Crippen molar-refractivity contribution in [3.8, 4) is 0 Å². The Morgan fingerprint density at radius 3 is 2.31 bits per heavy atom. The first-order valence-electron chi connectivity index (χ1n) is 3.98. The summed E-state index contributed by atoms with van der Waals surface area (Å²) in [7, 11) is 0. The number of halogens is 5. The summed E-state index contributed by atoms with van der Waals surface area (Å²) in [6.45, 7) is 0. The van der Waals surface area contributed by atoms with E-state index >= 15 is 0 Å². The lowest BCUT2D eigenvalue weighted by Crippen LogP contribution is -2.28. The van der Waals surface area contributed by atoms with Crippen LogP contribution in [0.1, 0.15) is 11.5 Å². The van der Waals surface area contributed by atoms with Crippen molar-refractivity contribution in [3.63, 3.8) is 0 Å². The van der Waals surface area contributed by atoms with Crippen molar-refractivity contribution in [1.29, 1.82) is 0 Å². The monoisotopic (exact) mass is 348 g/mol. The van der Waals surface area contributed by atoms with Crippen LogP contribution in [0.2, 0.25) is 0 Å². The normalized spacial score (nSPS) is 13.6. The van der Waals surface area contributed by atoms with Crippen LogP contribution in [0.15, 0.2) is 18.2 Å². The summed E-state index contributed by atoms with van der Waals surface area (Å²) in [6, 6.07) is 2.65. The summed E-state index contributed by atoms with van der Waals surface area (Å²) in [5.41, 5.74) is -0.613. The fourth-order valence-corrected chi connectivity index (χ4v) is 1.50. The molecule has 0 aliphatic heterocycles. The van der Waals surface area contributed by atoms with Crippen LogP contribution < -0.4 is 0 Å². The van der Waals surface area contributed by atoms with Gasteiger partial charge in [0.1, 0.15) is 5.82 Å². The molecule has 0 saturated heterocycles. The molecule has 1 aromatic carbocycles. The van der Waals surface area contributed by atoms with Gasteiger partial charge in [0.05, 0.1) is 0 Å². The third kappa shape index (κ3) is 2.83. The van der Waals surface area contributed by atoms with Gasteiger partial charge in [0.25, 0.3) is 0 Å². The number of aliphatic carboxylic acids is 1. The molecule has 1 N–H and O–H groups in total. The highest BCUT2D eigenvalue weighted by Crippen LogP contribution is 2.35. The minimum atomic E-state index is -4.94. The van der Waals surface area contributed by atoms with Gasteiger partial charge in [-0.25, -0.2) is 4.39 Å². The van der Waals surface area contributed by atoms with Crippen LogP contribution in [-0.2, 0) is 4.79 Å². The molecule has 7 heteroatoms. The number of hydrogen-bond acceptors (Lipinski definition) is 1. The van der Waals surface area contributed by atoms with Crippen LogP contribution in [0.25, 0.3) is 0 Å².